The van der Waals surface area contributed by atoms with Gasteiger partial charge in [-0.3, -0.25) is 9.69 Å². The first-order valence-electron chi connectivity index (χ1n) is 7.64. The van der Waals surface area contributed by atoms with Crippen molar-refractivity contribution in [3.8, 4) is 0 Å². The highest BCUT2D eigenvalue weighted by atomic mass is 32.1. The van der Waals surface area contributed by atoms with E-state index < -0.39 is 12.8 Å². The lowest BCUT2D eigenvalue weighted by Gasteiger charge is -2.26. The molecule has 8 heteroatoms. The number of alkyl halides is 3. The molecule has 1 aromatic heterocycles. The van der Waals surface area contributed by atoms with Gasteiger partial charge in [-0.05, 0) is 37.4 Å². The van der Waals surface area contributed by atoms with E-state index in [2.05, 4.69) is 15.0 Å². The van der Waals surface area contributed by atoms with Crippen molar-refractivity contribution in [2.75, 3.05) is 32.8 Å². The van der Waals surface area contributed by atoms with Crippen molar-refractivity contribution in [3.63, 3.8) is 0 Å². The van der Waals surface area contributed by atoms with Crippen LogP contribution in [0.4, 0.5) is 13.2 Å². The summed E-state index contributed by atoms with van der Waals surface area (Å²) >= 11 is 1.65. The Morgan fingerprint density at radius 1 is 1.39 bits per heavy atom. The third-order valence-electron chi connectivity index (χ3n) is 3.68. The van der Waals surface area contributed by atoms with Gasteiger partial charge in [0, 0.05) is 17.8 Å². The van der Waals surface area contributed by atoms with Gasteiger partial charge < -0.3 is 10.1 Å². The number of halogens is 3. The average molecular weight is 350 g/mol. The van der Waals surface area contributed by atoms with Crippen LogP contribution in [0.2, 0.25) is 0 Å². The largest absolute Gasteiger partial charge is 0.411 e. The van der Waals surface area contributed by atoms with E-state index in [1.54, 1.807) is 11.3 Å². The molecule has 0 aromatic carbocycles. The number of rotatable bonds is 8. The summed E-state index contributed by atoms with van der Waals surface area (Å²) in [6.45, 7) is 0.948. The number of carbonyl (C=O) groups is 1. The molecule has 130 valence electrons. The maximum Gasteiger partial charge on any atom is 0.411 e. The minimum atomic E-state index is -4.35. The first kappa shape index (κ1) is 18.2. The molecule has 1 amide bonds. The zero-order valence-corrected chi connectivity index (χ0v) is 13.6. The zero-order valence-electron chi connectivity index (χ0n) is 12.8. The van der Waals surface area contributed by atoms with E-state index >= 15 is 0 Å². The summed E-state index contributed by atoms with van der Waals surface area (Å²) in [7, 11) is 0. The SMILES string of the molecule is O=C(CCOCC(F)(F)F)NCC(c1cccs1)N1CCCC1. The van der Waals surface area contributed by atoms with Gasteiger partial charge in [0.1, 0.15) is 6.61 Å². The molecule has 1 aliphatic heterocycles. The molecule has 1 saturated heterocycles. The molecule has 0 saturated carbocycles. The lowest BCUT2D eigenvalue weighted by atomic mass is 10.2. The Hall–Kier alpha value is -1.12. The fourth-order valence-electron chi connectivity index (χ4n) is 2.60. The molecule has 2 heterocycles. The highest BCUT2D eigenvalue weighted by Crippen LogP contribution is 2.27. The van der Waals surface area contributed by atoms with Crippen LogP contribution in [0.15, 0.2) is 17.5 Å². The second kappa shape index (κ2) is 8.65. The Kier molecular flexibility index (Phi) is 6.86. The third kappa shape index (κ3) is 6.48. The van der Waals surface area contributed by atoms with E-state index in [1.165, 1.54) is 4.88 Å². The molecule has 1 aromatic rings. The molecule has 1 unspecified atom stereocenters. The Morgan fingerprint density at radius 2 is 2.13 bits per heavy atom. The van der Waals surface area contributed by atoms with Crippen LogP contribution in [0.25, 0.3) is 0 Å². The monoisotopic (exact) mass is 350 g/mol. The Bertz CT molecular complexity index is 474. The van der Waals surface area contributed by atoms with Gasteiger partial charge in [-0.25, -0.2) is 0 Å². The van der Waals surface area contributed by atoms with Gasteiger partial charge in [-0.15, -0.1) is 11.3 Å². The molecule has 1 fully saturated rings. The summed E-state index contributed by atoms with van der Waals surface area (Å²) in [6, 6.07) is 4.17. The Balaban J connectivity index is 1.74. The van der Waals surface area contributed by atoms with Crippen LogP contribution >= 0.6 is 11.3 Å². The average Bonchev–Trinajstić information content (AvgIpc) is 3.16. The van der Waals surface area contributed by atoms with Crippen LogP contribution in [-0.2, 0) is 9.53 Å². The molecule has 1 atom stereocenters. The summed E-state index contributed by atoms with van der Waals surface area (Å²) in [5.41, 5.74) is 0. The number of amides is 1. The van der Waals surface area contributed by atoms with Gasteiger partial charge in [0.15, 0.2) is 0 Å². The van der Waals surface area contributed by atoms with Crippen molar-refractivity contribution in [1.82, 2.24) is 10.2 Å². The van der Waals surface area contributed by atoms with Crippen molar-refractivity contribution in [3.05, 3.63) is 22.4 Å². The summed E-state index contributed by atoms with van der Waals surface area (Å²) in [5, 5.41) is 4.82. The minimum absolute atomic E-state index is 0.0623. The van der Waals surface area contributed by atoms with Crippen molar-refractivity contribution >= 4 is 17.2 Å². The molecule has 0 radical (unpaired) electrons. The number of nitrogens with zero attached hydrogens (tertiary/aromatic N) is 1. The van der Waals surface area contributed by atoms with E-state index in [0.29, 0.717) is 6.54 Å². The fourth-order valence-corrected chi connectivity index (χ4v) is 3.46. The number of hydrogen-bond donors (Lipinski definition) is 1. The van der Waals surface area contributed by atoms with E-state index in [-0.39, 0.29) is 25.0 Å². The first-order valence-corrected chi connectivity index (χ1v) is 8.52. The molecule has 0 aliphatic carbocycles. The third-order valence-corrected chi connectivity index (χ3v) is 4.66. The molecule has 1 N–H and O–H groups in total. The molecule has 4 nitrogen and oxygen atoms in total. The summed E-state index contributed by atoms with van der Waals surface area (Å²) in [6.07, 6.45) is -2.11. The first-order chi connectivity index (χ1) is 11.0. The van der Waals surface area contributed by atoms with Crippen LogP contribution in [0.1, 0.15) is 30.2 Å². The topological polar surface area (TPSA) is 41.6 Å². The predicted molar refractivity (Wildman–Crippen MR) is 82.4 cm³/mol. The predicted octanol–water partition coefficient (Wildman–Crippen LogP) is 2.97. The maximum absolute atomic E-state index is 11.9. The molecular formula is C15H21F3N2O2S. The molecule has 23 heavy (non-hydrogen) atoms. The van der Waals surface area contributed by atoms with Crippen LogP contribution in [0.5, 0.6) is 0 Å². The Labute approximate surface area is 137 Å². The van der Waals surface area contributed by atoms with Crippen molar-refractivity contribution in [1.29, 1.82) is 0 Å². The fraction of sp³-hybridized carbons (Fsp3) is 0.667. The Morgan fingerprint density at radius 3 is 2.74 bits per heavy atom. The number of carbonyl (C=O) groups excluding carboxylic acids is 1. The van der Waals surface area contributed by atoms with Gasteiger partial charge in [-0.1, -0.05) is 6.07 Å². The highest BCUT2D eigenvalue weighted by molar-refractivity contribution is 7.10. The summed E-state index contributed by atoms with van der Waals surface area (Å²) < 4.78 is 40.3. The normalized spacial score (nSPS) is 17.3. The molecule has 0 spiro atoms. The molecular weight excluding hydrogens is 329 g/mol. The van der Waals surface area contributed by atoms with Crippen LogP contribution in [-0.4, -0.2) is 49.8 Å². The van der Waals surface area contributed by atoms with Crippen LogP contribution < -0.4 is 5.32 Å². The number of hydrogen-bond acceptors (Lipinski definition) is 4. The number of thiophene rings is 1. The number of likely N-dealkylation sites (tertiary alicyclic amines) is 1. The van der Waals surface area contributed by atoms with E-state index in [9.17, 15) is 18.0 Å². The molecule has 2 rings (SSSR count). The van der Waals surface area contributed by atoms with Crippen molar-refractivity contribution < 1.29 is 22.7 Å². The second-order valence-corrected chi connectivity index (χ2v) is 6.48. The van der Waals surface area contributed by atoms with Gasteiger partial charge in [-0.2, -0.15) is 13.2 Å². The second-order valence-electron chi connectivity index (χ2n) is 5.50. The zero-order chi connectivity index (χ0) is 16.7. The molecule has 0 bridgehead atoms. The van der Waals surface area contributed by atoms with Crippen LogP contribution in [0, 0.1) is 0 Å². The number of nitrogens with one attached hydrogen (secondary N) is 1. The van der Waals surface area contributed by atoms with Gasteiger partial charge in [0.25, 0.3) is 0 Å². The van der Waals surface area contributed by atoms with Crippen LogP contribution in [0.3, 0.4) is 0 Å². The maximum atomic E-state index is 11.9. The van der Waals surface area contributed by atoms with E-state index in [0.717, 1.165) is 25.9 Å². The lowest BCUT2D eigenvalue weighted by molar-refractivity contribution is -0.174. The van der Waals surface area contributed by atoms with Gasteiger partial charge in [0.05, 0.1) is 12.6 Å². The van der Waals surface area contributed by atoms with Crippen molar-refractivity contribution in [2.45, 2.75) is 31.5 Å². The highest BCUT2D eigenvalue weighted by Gasteiger charge is 2.27. The smallest absolute Gasteiger partial charge is 0.372 e. The van der Waals surface area contributed by atoms with Crippen molar-refractivity contribution in [2.24, 2.45) is 0 Å². The summed E-state index contributed by atoms with van der Waals surface area (Å²) in [4.78, 5) is 15.3. The van der Waals surface area contributed by atoms with Gasteiger partial charge >= 0.3 is 6.18 Å². The quantitative estimate of drug-likeness (QED) is 0.733. The van der Waals surface area contributed by atoms with Gasteiger partial charge in [0.2, 0.25) is 5.91 Å². The standard InChI is InChI=1S/C15H21F3N2O2S/c16-15(17,18)11-22-8-5-14(21)19-10-12(13-4-3-9-23-13)20-6-1-2-7-20/h3-4,9,12H,1-2,5-8,10-11H2,(H,19,21). The number of ether oxygens (including phenoxy) is 1. The minimum Gasteiger partial charge on any atom is -0.372 e. The summed E-state index contributed by atoms with van der Waals surface area (Å²) in [5.74, 6) is -0.284. The molecule has 1 aliphatic rings. The lowest BCUT2D eigenvalue weighted by Crippen LogP contribution is -2.36. The van der Waals surface area contributed by atoms with E-state index in [1.807, 2.05) is 17.5 Å². The van der Waals surface area contributed by atoms with E-state index in [4.69, 9.17) is 0 Å².